The average molecular weight is 839 g/mol. The molecule has 4 aromatic carbocycles. The summed E-state index contributed by atoms with van der Waals surface area (Å²) in [6.45, 7) is 19.9. The maximum absolute atomic E-state index is 12.6. The summed E-state index contributed by atoms with van der Waals surface area (Å²) in [5.74, 6) is 7.08. The van der Waals surface area contributed by atoms with E-state index >= 15 is 0 Å². The van der Waals surface area contributed by atoms with Gasteiger partial charge in [-0.15, -0.1) is 12.8 Å². The average Bonchev–Trinajstić information content (AvgIpc) is 3.21. The van der Waals surface area contributed by atoms with Crippen molar-refractivity contribution in [3.8, 4) is 47.7 Å². The highest BCUT2D eigenvalue weighted by molar-refractivity contribution is 9.09. The normalized spacial score (nSPS) is 15.4. The van der Waals surface area contributed by atoms with Crippen molar-refractivity contribution in [2.75, 3.05) is 43.1 Å². The van der Waals surface area contributed by atoms with Gasteiger partial charge in [-0.2, -0.15) is 0 Å². The van der Waals surface area contributed by atoms with Crippen LogP contribution in [-0.2, 0) is 9.59 Å². The molecule has 4 aromatic rings. The number of hydrogen-bond donors (Lipinski definition) is 1. The third-order valence-corrected chi connectivity index (χ3v) is 10.2. The Labute approximate surface area is 346 Å². The first-order chi connectivity index (χ1) is 27.6. The van der Waals surface area contributed by atoms with Crippen LogP contribution in [0.4, 0.5) is 15.8 Å². The van der Waals surface area contributed by atoms with Crippen molar-refractivity contribution < 1.29 is 34.7 Å². The Bertz CT molecular complexity index is 2280. The summed E-state index contributed by atoms with van der Waals surface area (Å²) in [6.07, 6.45) is 10.0. The molecule has 0 bridgehead atoms. The zero-order chi connectivity index (χ0) is 43.4. The molecule has 0 spiro atoms. The number of rotatable bonds is 8. The predicted octanol–water partition coefficient (Wildman–Crippen LogP) is 9.85. The summed E-state index contributed by atoms with van der Waals surface area (Å²) in [5.41, 5.74) is 10.5. The number of amides is 2. The lowest BCUT2D eigenvalue weighted by Crippen LogP contribution is -2.48. The second-order valence-electron chi connectivity index (χ2n) is 13.3. The topological polar surface area (TPSA) is 88.5 Å². The van der Waals surface area contributed by atoms with E-state index in [1.807, 2.05) is 96.1 Å². The van der Waals surface area contributed by atoms with Crippen molar-refractivity contribution in [2.24, 2.45) is 0 Å². The highest BCUT2D eigenvalue weighted by Gasteiger charge is 2.44. The van der Waals surface area contributed by atoms with Gasteiger partial charge in [0, 0.05) is 34.7 Å². The number of nitrogens with zero attached hydrogens (tertiary/aromatic N) is 2. The lowest BCUT2D eigenvalue weighted by molar-refractivity contribution is -0.119. The fourth-order valence-electron chi connectivity index (χ4n) is 6.37. The molecule has 298 valence electrons. The molecule has 6 rings (SSSR count). The van der Waals surface area contributed by atoms with Crippen LogP contribution in [0.25, 0.3) is 0 Å². The molecule has 2 atom stereocenters. The SMILES string of the molecule is C#CCBr.C#CCOc1cc([C@H]2C(=C)C(=O)N2c2cc(C)c(C)c(OC)c2)ccc1C.C=C1C(=O)N(c2cc(C)c(C)c(OC)c2)[C@H]1c1ccc(C)c(O)c1.[2H]CF. The number of phenols is 1. The van der Waals surface area contributed by atoms with E-state index < -0.39 is 7.15 Å². The van der Waals surface area contributed by atoms with Crippen LogP contribution < -0.4 is 24.0 Å². The van der Waals surface area contributed by atoms with Gasteiger partial charge < -0.3 is 19.3 Å². The number of carbonyl (C=O) groups excluding carboxylic acids is 2. The molecule has 57 heavy (non-hydrogen) atoms. The molecule has 2 aliphatic heterocycles. The van der Waals surface area contributed by atoms with Crippen molar-refractivity contribution in [3.63, 3.8) is 0 Å². The predicted molar refractivity (Wildman–Crippen MR) is 232 cm³/mol. The van der Waals surface area contributed by atoms with Gasteiger partial charge in [0.2, 0.25) is 0 Å². The van der Waals surface area contributed by atoms with Crippen LogP contribution in [0.15, 0.2) is 85.0 Å². The van der Waals surface area contributed by atoms with E-state index in [0.717, 1.165) is 73.1 Å². The maximum atomic E-state index is 12.6. The van der Waals surface area contributed by atoms with E-state index in [2.05, 4.69) is 40.9 Å². The first kappa shape index (κ1) is 43.8. The zero-order valence-electron chi connectivity index (χ0n) is 34.8. The minimum absolute atomic E-state index is 0.0861. The van der Waals surface area contributed by atoms with Crippen molar-refractivity contribution in [1.82, 2.24) is 0 Å². The summed E-state index contributed by atoms with van der Waals surface area (Å²) in [5, 5.41) is 10.6. The first-order valence-electron chi connectivity index (χ1n) is 18.4. The summed E-state index contributed by atoms with van der Waals surface area (Å²) in [6, 6.07) is 18.6. The molecule has 0 aliphatic carbocycles. The second kappa shape index (κ2) is 20.3. The van der Waals surface area contributed by atoms with E-state index in [1.165, 1.54) is 0 Å². The van der Waals surface area contributed by atoms with Gasteiger partial charge in [-0.05, 0) is 110 Å². The fraction of sp³-hybridized carbons (Fsp3) is 0.277. The van der Waals surface area contributed by atoms with E-state index in [4.69, 9.17) is 28.4 Å². The van der Waals surface area contributed by atoms with Crippen molar-refractivity contribution in [1.29, 1.82) is 0 Å². The molecule has 2 fully saturated rings. The lowest BCUT2D eigenvalue weighted by atomic mass is 9.87. The number of ether oxygens (including phenoxy) is 3. The smallest absolute Gasteiger partial charge is 0.256 e. The van der Waals surface area contributed by atoms with Crippen LogP contribution in [0, 0.1) is 66.2 Å². The number of terminal acetylenes is 2. The highest BCUT2D eigenvalue weighted by Crippen LogP contribution is 2.46. The standard InChI is InChI=1S/C23H23NO3.C20H21NO3.C3H3Br.CH3F/c1-7-10-27-20-12-18(9-8-14(20)2)22-17(5)23(25)24(22)19-11-15(3)16(4)21(13-19)26-6;1-11-6-7-15(9-17(11)22)19-14(4)20(23)21(19)16-8-12(2)13(3)18(10-16)24-5;1-2-3-4;1-2/h1,8-9,11-13,22H,5,10H2,2-4,6H3;6-10,19,22H,4H2,1-3,5H3;1H,3H2;1H3/t22-;19-;;/m11../s1/i;;;1D. The number of hydrogen-bond acceptors (Lipinski definition) is 6. The number of anilines is 2. The van der Waals surface area contributed by atoms with Gasteiger partial charge in [-0.1, -0.05) is 65.2 Å². The monoisotopic (exact) mass is 837 g/mol. The van der Waals surface area contributed by atoms with Gasteiger partial charge in [0.1, 0.15) is 29.6 Å². The van der Waals surface area contributed by atoms with Crippen molar-refractivity contribution >= 4 is 39.1 Å². The van der Waals surface area contributed by atoms with Crippen molar-refractivity contribution in [2.45, 2.75) is 53.6 Å². The van der Waals surface area contributed by atoms with Crippen LogP contribution in [0.2, 0.25) is 0 Å². The summed E-state index contributed by atoms with van der Waals surface area (Å²) >= 11 is 3.01. The van der Waals surface area contributed by atoms with Crippen LogP contribution in [-0.4, -0.2) is 50.2 Å². The van der Waals surface area contributed by atoms with Gasteiger partial charge in [-0.25, -0.2) is 0 Å². The third kappa shape index (κ3) is 9.71. The molecule has 0 aromatic heterocycles. The van der Waals surface area contributed by atoms with Gasteiger partial charge in [-0.3, -0.25) is 23.8 Å². The maximum Gasteiger partial charge on any atom is 0.256 e. The van der Waals surface area contributed by atoms with Crippen LogP contribution >= 0.6 is 15.9 Å². The fourth-order valence-corrected chi connectivity index (χ4v) is 6.37. The number of halogens is 2. The number of benzene rings is 4. The van der Waals surface area contributed by atoms with Gasteiger partial charge >= 0.3 is 0 Å². The largest absolute Gasteiger partial charge is 0.508 e. The molecule has 2 saturated heterocycles. The Morgan fingerprint density at radius 1 is 0.737 bits per heavy atom. The first-order valence-corrected chi connectivity index (χ1v) is 18.8. The minimum atomic E-state index is -1.00. The van der Waals surface area contributed by atoms with Crippen LogP contribution in [0.5, 0.6) is 23.0 Å². The summed E-state index contributed by atoms with van der Waals surface area (Å²) in [4.78, 5) is 28.4. The molecule has 10 heteroatoms. The number of β-lactam (4-membered cyclic amide) rings is 2. The minimum Gasteiger partial charge on any atom is -0.508 e. The van der Waals surface area contributed by atoms with E-state index in [0.29, 0.717) is 16.5 Å². The van der Waals surface area contributed by atoms with Crippen LogP contribution in [0.1, 0.15) is 58.0 Å². The molecule has 2 heterocycles. The number of alkyl halides is 2. The Kier molecular flexibility index (Phi) is 15.6. The third-order valence-electron chi connectivity index (χ3n) is 9.83. The Balaban J connectivity index is 0.000000269. The molecule has 2 aliphatic rings. The Morgan fingerprint density at radius 3 is 1.54 bits per heavy atom. The van der Waals surface area contributed by atoms with Crippen molar-refractivity contribution in [3.05, 3.63) is 129 Å². The van der Waals surface area contributed by atoms with Crippen LogP contribution in [0.3, 0.4) is 0 Å². The Hall–Kier alpha value is -5.97. The van der Waals surface area contributed by atoms with Gasteiger partial charge in [0.05, 0.1) is 40.2 Å². The van der Waals surface area contributed by atoms with E-state index in [-0.39, 0.29) is 36.3 Å². The molecule has 0 radical (unpaired) electrons. The lowest BCUT2D eigenvalue weighted by Gasteiger charge is -2.43. The molecule has 1 N–H and O–H groups in total. The Morgan fingerprint density at radius 2 is 1.16 bits per heavy atom. The second-order valence-corrected chi connectivity index (χ2v) is 13.8. The summed E-state index contributed by atoms with van der Waals surface area (Å²) in [7, 11) is 2.26. The molecular formula is C47H50BrFN2O6. The molecular weight excluding hydrogens is 787 g/mol. The van der Waals surface area contributed by atoms with Gasteiger partial charge in [0.15, 0.2) is 0 Å². The number of carbonyl (C=O) groups is 2. The van der Waals surface area contributed by atoms with Gasteiger partial charge in [0.25, 0.3) is 11.8 Å². The molecule has 2 amide bonds. The van der Waals surface area contributed by atoms with E-state index in [1.54, 1.807) is 30.1 Å². The number of methoxy groups -OCH3 is 2. The molecule has 0 unspecified atom stereocenters. The summed E-state index contributed by atoms with van der Waals surface area (Å²) < 4.78 is 32.0. The highest BCUT2D eigenvalue weighted by atomic mass is 79.9. The zero-order valence-corrected chi connectivity index (χ0v) is 35.3. The number of aryl methyl sites for hydroxylation is 4. The number of aromatic hydroxyl groups is 1. The number of phenolic OH excluding ortho intramolecular Hbond substituents is 1. The molecule has 0 saturated carbocycles. The van der Waals surface area contributed by atoms with E-state index in [9.17, 15) is 19.1 Å². The quantitative estimate of drug-likeness (QED) is 0.0823. The molecule has 8 nitrogen and oxygen atoms in total.